The van der Waals surface area contributed by atoms with Gasteiger partial charge in [0.25, 0.3) is 0 Å². The Morgan fingerprint density at radius 3 is 2.45 bits per heavy atom. The Labute approximate surface area is 122 Å². The van der Waals surface area contributed by atoms with Crippen LogP contribution in [0.2, 0.25) is 0 Å². The zero-order valence-electron chi connectivity index (χ0n) is 11.2. The lowest BCUT2D eigenvalue weighted by Gasteiger charge is -2.20. The summed E-state index contributed by atoms with van der Waals surface area (Å²) < 4.78 is 12.7. The van der Waals surface area contributed by atoms with E-state index in [1.807, 2.05) is 0 Å². The van der Waals surface area contributed by atoms with Gasteiger partial charge in [-0.2, -0.15) is 0 Å². The van der Waals surface area contributed by atoms with E-state index in [2.05, 4.69) is 5.32 Å². The molecule has 5 heteroatoms. The van der Waals surface area contributed by atoms with Crippen molar-refractivity contribution in [3.8, 4) is 0 Å². The molecule has 20 heavy (non-hydrogen) atoms. The summed E-state index contributed by atoms with van der Waals surface area (Å²) in [4.78, 5) is 24.4. The van der Waals surface area contributed by atoms with Gasteiger partial charge >= 0.3 is 0 Å². The first-order valence-corrected chi connectivity index (χ1v) is 7.86. The highest BCUT2D eigenvalue weighted by Crippen LogP contribution is 2.23. The number of hydrogen-bond acceptors (Lipinski definition) is 3. The molecule has 0 aromatic heterocycles. The second kappa shape index (κ2) is 7.43. The van der Waals surface area contributed by atoms with E-state index in [4.69, 9.17) is 0 Å². The molecule has 1 aliphatic carbocycles. The van der Waals surface area contributed by atoms with Gasteiger partial charge in [0.15, 0.2) is 0 Å². The van der Waals surface area contributed by atoms with E-state index in [1.54, 1.807) is 12.1 Å². The van der Waals surface area contributed by atoms with Gasteiger partial charge < -0.3 is 0 Å². The summed E-state index contributed by atoms with van der Waals surface area (Å²) in [6, 6.07) is 5.95. The molecule has 0 bridgehead atoms. The van der Waals surface area contributed by atoms with Crippen molar-refractivity contribution in [1.82, 2.24) is 5.32 Å². The Hall–Kier alpha value is -1.36. The molecule has 2 rings (SSSR count). The summed E-state index contributed by atoms with van der Waals surface area (Å²) in [5.41, 5.74) is 0. The van der Waals surface area contributed by atoms with E-state index < -0.39 is 0 Å². The molecule has 0 atom stereocenters. The Balaban J connectivity index is 1.74. The lowest BCUT2D eigenvalue weighted by atomic mass is 9.89. The van der Waals surface area contributed by atoms with Gasteiger partial charge in [0.2, 0.25) is 11.8 Å². The van der Waals surface area contributed by atoms with Crippen molar-refractivity contribution < 1.29 is 14.0 Å². The summed E-state index contributed by atoms with van der Waals surface area (Å²) in [5.74, 6) is -0.566. The highest BCUT2D eigenvalue weighted by Gasteiger charge is 2.22. The number of nitrogens with one attached hydrogen (secondary N) is 1. The molecule has 0 saturated heterocycles. The second-order valence-corrected chi connectivity index (χ2v) is 6.04. The maximum absolute atomic E-state index is 12.7. The monoisotopic (exact) mass is 295 g/mol. The molecule has 108 valence electrons. The molecule has 1 N–H and O–H groups in total. The van der Waals surface area contributed by atoms with E-state index in [1.165, 1.54) is 30.3 Å². The Bertz CT molecular complexity index is 469. The molecular formula is C15H18FNO2S. The van der Waals surface area contributed by atoms with E-state index in [0.29, 0.717) is 0 Å². The second-order valence-electron chi connectivity index (χ2n) is 4.99. The van der Waals surface area contributed by atoms with Gasteiger partial charge in [0.05, 0.1) is 5.75 Å². The first-order valence-electron chi connectivity index (χ1n) is 6.87. The minimum atomic E-state index is -0.300. The quantitative estimate of drug-likeness (QED) is 0.868. The summed E-state index contributed by atoms with van der Waals surface area (Å²) >= 11 is 1.29. The minimum absolute atomic E-state index is 0.0106. The summed E-state index contributed by atoms with van der Waals surface area (Å²) in [6.07, 6.45) is 5.07. The lowest BCUT2D eigenvalue weighted by Crippen LogP contribution is -2.37. The molecule has 0 spiro atoms. The third-order valence-corrected chi connectivity index (χ3v) is 4.43. The van der Waals surface area contributed by atoms with Gasteiger partial charge in [-0.3, -0.25) is 14.9 Å². The number of thioether (sulfide) groups is 1. The van der Waals surface area contributed by atoms with Crippen molar-refractivity contribution in [2.45, 2.75) is 37.0 Å². The Morgan fingerprint density at radius 2 is 1.80 bits per heavy atom. The predicted octanol–water partition coefficient (Wildman–Crippen LogP) is 3.14. The number of amides is 2. The number of rotatable bonds is 4. The fraction of sp³-hybridized carbons (Fsp3) is 0.467. The fourth-order valence-corrected chi connectivity index (χ4v) is 3.02. The topological polar surface area (TPSA) is 46.2 Å². The van der Waals surface area contributed by atoms with Gasteiger partial charge in [-0.05, 0) is 37.1 Å². The van der Waals surface area contributed by atoms with Crippen LogP contribution in [0.4, 0.5) is 4.39 Å². The van der Waals surface area contributed by atoms with Crippen LogP contribution in [0.25, 0.3) is 0 Å². The molecule has 0 heterocycles. The van der Waals surface area contributed by atoms with E-state index >= 15 is 0 Å². The summed E-state index contributed by atoms with van der Waals surface area (Å²) in [7, 11) is 0. The predicted molar refractivity (Wildman–Crippen MR) is 76.8 cm³/mol. The number of hydrogen-bond donors (Lipinski definition) is 1. The summed E-state index contributed by atoms with van der Waals surface area (Å²) in [6.45, 7) is 0. The zero-order valence-corrected chi connectivity index (χ0v) is 12.0. The number of benzene rings is 1. The van der Waals surface area contributed by atoms with Crippen LogP contribution in [-0.4, -0.2) is 17.6 Å². The van der Waals surface area contributed by atoms with Crippen LogP contribution in [0.3, 0.4) is 0 Å². The lowest BCUT2D eigenvalue weighted by molar-refractivity contribution is -0.132. The van der Waals surface area contributed by atoms with Crippen molar-refractivity contribution in [2.75, 3.05) is 5.75 Å². The van der Waals surface area contributed by atoms with Crippen LogP contribution in [0.1, 0.15) is 32.1 Å². The first-order chi connectivity index (χ1) is 9.65. The van der Waals surface area contributed by atoms with Crippen LogP contribution >= 0.6 is 11.8 Å². The normalized spacial score (nSPS) is 15.8. The Kier molecular flexibility index (Phi) is 5.59. The maximum atomic E-state index is 12.7. The van der Waals surface area contributed by atoms with Crippen LogP contribution < -0.4 is 5.32 Å². The molecule has 2 amide bonds. The average molecular weight is 295 g/mol. The minimum Gasteiger partial charge on any atom is -0.295 e. The fourth-order valence-electron chi connectivity index (χ4n) is 2.32. The van der Waals surface area contributed by atoms with Gasteiger partial charge in [-0.25, -0.2) is 4.39 Å². The van der Waals surface area contributed by atoms with E-state index in [9.17, 15) is 14.0 Å². The molecule has 0 aliphatic heterocycles. The average Bonchev–Trinajstić information content (AvgIpc) is 2.47. The van der Waals surface area contributed by atoms with Gasteiger partial charge in [-0.15, -0.1) is 11.8 Å². The summed E-state index contributed by atoms with van der Waals surface area (Å²) in [5, 5.41) is 2.46. The van der Waals surface area contributed by atoms with Crippen molar-refractivity contribution in [2.24, 2.45) is 5.92 Å². The van der Waals surface area contributed by atoms with Crippen LogP contribution in [-0.2, 0) is 9.59 Å². The molecule has 1 aromatic carbocycles. The maximum Gasteiger partial charge on any atom is 0.236 e. The number of imide groups is 1. The number of halogens is 1. The highest BCUT2D eigenvalue weighted by molar-refractivity contribution is 8.00. The van der Waals surface area contributed by atoms with E-state index in [0.717, 1.165) is 30.6 Å². The van der Waals surface area contributed by atoms with E-state index in [-0.39, 0.29) is 29.3 Å². The SMILES string of the molecule is O=C(CSc1ccc(F)cc1)NC(=O)C1CCCCC1. The van der Waals surface area contributed by atoms with Crippen molar-refractivity contribution >= 4 is 23.6 Å². The molecule has 1 aromatic rings. The molecule has 3 nitrogen and oxygen atoms in total. The molecule has 0 radical (unpaired) electrons. The molecule has 0 unspecified atom stereocenters. The third-order valence-electron chi connectivity index (χ3n) is 3.42. The standard InChI is InChI=1S/C15H18FNO2S/c16-12-6-8-13(9-7-12)20-10-14(18)17-15(19)11-4-2-1-3-5-11/h6-9,11H,1-5,10H2,(H,17,18,19). The Morgan fingerprint density at radius 1 is 1.15 bits per heavy atom. The van der Waals surface area contributed by atoms with Crippen LogP contribution in [0.15, 0.2) is 29.2 Å². The van der Waals surface area contributed by atoms with Crippen molar-refractivity contribution in [3.05, 3.63) is 30.1 Å². The third kappa shape index (κ3) is 4.63. The van der Waals surface area contributed by atoms with Gasteiger partial charge in [0, 0.05) is 10.8 Å². The largest absolute Gasteiger partial charge is 0.295 e. The zero-order chi connectivity index (χ0) is 14.4. The van der Waals surface area contributed by atoms with Gasteiger partial charge in [-0.1, -0.05) is 19.3 Å². The molecule has 1 fully saturated rings. The van der Waals surface area contributed by atoms with Crippen molar-refractivity contribution in [3.63, 3.8) is 0 Å². The number of carbonyl (C=O) groups excluding carboxylic acids is 2. The van der Waals surface area contributed by atoms with Crippen molar-refractivity contribution in [1.29, 1.82) is 0 Å². The number of carbonyl (C=O) groups is 2. The highest BCUT2D eigenvalue weighted by atomic mass is 32.2. The first kappa shape index (κ1) is 15.0. The van der Waals surface area contributed by atoms with Gasteiger partial charge in [0.1, 0.15) is 5.82 Å². The molecular weight excluding hydrogens is 277 g/mol. The smallest absolute Gasteiger partial charge is 0.236 e. The molecule has 1 aliphatic rings. The van der Waals surface area contributed by atoms with Crippen LogP contribution in [0.5, 0.6) is 0 Å². The molecule has 1 saturated carbocycles. The van der Waals surface area contributed by atoms with Crippen LogP contribution in [0, 0.1) is 11.7 Å².